The molecule has 24 heavy (non-hydrogen) atoms. The number of imidazole rings is 1. The molecule has 0 radical (unpaired) electrons. The van der Waals surface area contributed by atoms with Crippen LogP contribution < -0.4 is 11.4 Å². The fourth-order valence-corrected chi connectivity index (χ4v) is 4.73. The first-order valence-corrected chi connectivity index (χ1v) is 9.12. The van der Waals surface area contributed by atoms with Crippen molar-refractivity contribution in [3.63, 3.8) is 0 Å². The third-order valence-electron chi connectivity index (χ3n) is 4.67. The van der Waals surface area contributed by atoms with Crippen LogP contribution in [0.5, 0.6) is 0 Å². The Morgan fingerprint density at radius 1 is 1.21 bits per heavy atom. The minimum atomic E-state index is -3.74. The molecule has 0 spiro atoms. The van der Waals surface area contributed by atoms with E-state index in [9.17, 15) is 18.0 Å². The first-order chi connectivity index (χ1) is 11.2. The molecule has 0 saturated carbocycles. The zero-order valence-corrected chi connectivity index (χ0v) is 14.4. The Hall–Kier alpha value is -2.13. The highest BCUT2D eigenvalue weighted by Gasteiger charge is 2.32. The maximum absolute atomic E-state index is 12.9. The minimum absolute atomic E-state index is 0.101. The number of fused-ring (bicyclic) bond motifs is 1. The lowest BCUT2D eigenvalue weighted by atomic mass is 9.99. The molecule has 1 amide bonds. The summed E-state index contributed by atoms with van der Waals surface area (Å²) in [5.41, 5.74) is 6.32. The number of benzene rings is 1. The molecule has 1 aromatic heterocycles. The standard InChI is InChI=1S/C15H20N4O4S/c1-17-12-6-5-11(8-13(12)18(2)15(17)21)24(22,23)19-7-3-4-10(9-19)14(16)20/h5-6,8,10H,3-4,7,9H2,1-2H3,(H2,16,20). The number of aromatic nitrogens is 2. The van der Waals surface area contributed by atoms with Crippen LogP contribution in [-0.4, -0.2) is 40.9 Å². The summed E-state index contributed by atoms with van der Waals surface area (Å²) < 4.78 is 29.9. The molecule has 3 rings (SSSR count). The monoisotopic (exact) mass is 352 g/mol. The van der Waals surface area contributed by atoms with Gasteiger partial charge in [-0.3, -0.25) is 13.9 Å². The third-order valence-corrected chi connectivity index (χ3v) is 6.53. The van der Waals surface area contributed by atoms with Gasteiger partial charge in [-0.25, -0.2) is 13.2 Å². The number of piperidine rings is 1. The van der Waals surface area contributed by atoms with E-state index in [-0.39, 0.29) is 17.1 Å². The van der Waals surface area contributed by atoms with Crippen molar-refractivity contribution in [3.05, 3.63) is 28.7 Å². The van der Waals surface area contributed by atoms with Gasteiger partial charge in [-0.1, -0.05) is 0 Å². The number of sulfonamides is 1. The summed E-state index contributed by atoms with van der Waals surface area (Å²) in [4.78, 5) is 23.5. The first-order valence-electron chi connectivity index (χ1n) is 7.68. The highest BCUT2D eigenvalue weighted by atomic mass is 32.2. The average molecular weight is 352 g/mol. The van der Waals surface area contributed by atoms with Crippen LogP contribution >= 0.6 is 0 Å². The van der Waals surface area contributed by atoms with Crippen LogP contribution in [0.25, 0.3) is 11.0 Å². The number of rotatable bonds is 3. The van der Waals surface area contributed by atoms with E-state index < -0.39 is 21.8 Å². The van der Waals surface area contributed by atoms with Gasteiger partial charge in [-0.2, -0.15) is 4.31 Å². The molecule has 1 aliphatic heterocycles. The van der Waals surface area contributed by atoms with Gasteiger partial charge in [0, 0.05) is 27.2 Å². The summed E-state index contributed by atoms with van der Waals surface area (Å²) in [7, 11) is -0.497. The van der Waals surface area contributed by atoms with Gasteiger partial charge < -0.3 is 5.73 Å². The Balaban J connectivity index is 2.04. The Bertz CT molecular complexity index is 973. The van der Waals surface area contributed by atoms with Gasteiger partial charge >= 0.3 is 5.69 Å². The Labute approximate surface area is 139 Å². The lowest BCUT2D eigenvalue weighted by molar-refractivity contribution is -0.122. The number of carbonyl (C=O) groups is 1. The fraction of sp³-hybridized carbons (Fsp3) is 0.467. The van der Waals surface area contributed by atoms with Crippen molar-refractivity contribution in [1.29, 1.82) is 0 Å². The highest BCUT2D eigenvalue weighted by Crippen LogP contribution is 2.25. The quantitative estimate of drug-likeness (QED) is 0.823. The van der Waals surface area contributed by atoms with Crippen molar-refractivity contribution in [2.45, 2.75) is 17.7 Å². The van der Waals surface area contributed by atoms with Crippen molar-refractivity contribution in [2.24, 2.45) is 25.7 Å². The van der Waals surface area contributed by atoms with E-state index in [1.165, 1.54) is 25.6 Å². The molecule has 1 unspecified atom stereocenters. The topological polar surface area (TPSA) is 107 Å². The van der Waals surface area contributed by atoms with Crippen LogP contribution in [-0.2, 0) is 28.9 Å². The van der Waals surface area contributed by atoms with Crippen molar-refractivity contribution < 1.29 is 13.2 Å². The summed E-state index contributed by atoms with van der Waals surface area (Å²) in [6.45, 7) is 0.460. The number of amides is 1. The molecule has 8 nitrogen and oxygen atoms in total. The smallest absolute Gasteiger partial charge is 0.328 e. The van der Waals surface area contributed by atoms with Crippen molar-refractivity contribution in [3.8, 4) is 0 Å². The van der Waals surface area contributed by atoms with Crippen LogP contribution in [0.4, 0.5) is 0 Å². The summed E-state index contributed by atoms with van der Waals surface area (Å²) >= 11 is 0. The number of primary amides is 1. The molecule has 0 aliphatic carbocycles. The molecular weight excluding hydrogens is 332 g/mol. The minimum Gasteiger partial charge on any atom is -0.369 e. The number of hydrogen-bond acceptors (Lipinski definition) is 4. The molecular formula is C15H20N4O4S. The van der Waals surface area contributed by atoms with E-state index in [4.69, 9.17) is 5.73 Å². The number of nitrogens with zero attached hydrogens (tertiary/aromatic N) is 3. The van der Waals surface area contributed by atoms with E-state index in [0.29, 0.717) is 30.4 Å². The number of aryl methyl sites for hydroxylation is 2. The van der Waals surface area contributed by atoms with E-state index in [1.54, 1.807) is 20.2 Å². The van der Waals surface area contributed by atoms with Gasteiger partial charge in [0.2, 0.25) is 15.9 Å². The van der Waals surface area contributed by atoms with Gasteiger partial charge in [0.05, 0.1) is 21.8 Å². The summed E-state index contributed by atoms with van der Waals surface area (Å²) in [6.07, 6.45) is 1.20. The van der Waals surface area contributed by atoms with Gasteiger partial charge in [0.1, 0.15) is 0 Å². The number of hydrogen-bond donors (Lipinski definition) is 1. The van der Waals surface area contributed by atoms with Gasteiger partial charge in [0.25, 0.3) is 0 Å². The van der Waals surface area contributed by atoms with Crippen LogP contribution in [0, 0.1) is 5.92 Å². The van der Waals surface area contributed by atoms with E-state index in [1.807, 2.05) is 0 Å². The Kier molecular flexibility index (Phi) is 4.00. The highest BCUT2D eigenvalue weighted by molar-refractivity contribution is 7.89. The van der Waals surface area contributed by atoms with Crippen molar-refractivity contribution in [1.82, 2.24) is 13.4 Å². The fourth-order valence-electron chi connectivity index (χ4n) is 3.19. The molecule has 1 fully saturated rings. The summed E-state index contributed by atoms with van der Waals surface area (Å²) in [5.74, 6) is -0.936. The summed E-state index contributed by atoms with van der Waals surface area (Å²) in [6, 6.07) is 4.62. The van der Waals surface area contributed by atoms with Gasteiger partial charge in [-0.05, 0) is 31.0 Å². The molecule has 1 aliphatic rings. The predicted octanol–water partition coefficient (Wildman–Crippen LogP) is -0.237. The van der Waals surface area contributed by atoms with Crippen molar-refractivity contribution >= 4 is 27.0 Å². The molecule has 2 N–H and O–H groups in total. The SMILES string of the molecule is Cn1c(=O)n(C)c2cc(S(=O)(=O)N3CCCC(C(N)=O)C3)ccc21. The molecule has 1 atom stereocenters. The van der Waals surface area contributed by atoms with E-state index in [2.05, 4.69) is 0 Å². The Morgan fingerprint density at radius 3 is 2.54 bits per heavy atom. The van der Waals surface area contributed by atoms with Crippen LogP contribution in [0.15, 0.2) is 27.9 Å². The zero-order chi connectivity index (χ0) is 17.6. The lowest BCUT2D eigenvalue weighted by Crippen LogP contribution is -2.44. The van der Waals surface area contributed by atoms with Crippen LogP contribution in [0.2, 0.25) is 0 Å². The van der Waals surface area contributed by atoms with Crippen LogP contribution in [0.1, 0.15) is 12.8 Å². The molecule has 1 aromatic carbocycles. The molecule has 130 valence electrons. The number of nitrogens with two attached hydrogens (primary N) is 1. The van der Waals surface area contributed by atoms with Gasteiger partial charge in [-0.15, -0.1) is 0 Å². The maximum Gasteiger partial charge on any atom is 0.328 e. The van der Waals surface area contributed by atoms with Gasteiger partial charge in [0.15, 0.2) is 0 Å². The van der Waals surface area contributed by atoms with Crippen LogP contribution in [0.3, 0.4) is 0 Å². The van der Waals surface area contributed by atoms with Crippen molar-refractivity contribution in [2.75, 3.05) is 13.1 Å². The number of carbonyl (C=O) groups excluding carboxylic acids is 1. The molecule has 9 heteroatoms. The first kappa shape index (κ1) is 16.7. The third kappa shape index (κ3) is 2.53. The zero-order valence-electron chi connectivity index (χ0n) is 13.6. The van der Waals surface area contributed by atoms with E-state index in [0.717, 1.165) is 0 Å². The molecule has 0 bridgehead atoms. The Morgan fingerprint density at radius 2 is 1.88 bits per heavy atom. The summed E-state index contributed by atoms with van der Waals surface area (Å²) in [5, 5.41) is 0. The molecule has 2 heterocycles. The van der Waals surface area contributed by atoms with E-state index >= 15 is 0 Å². The second kappa shape index (κ2) is 5.75. The molecule has 2 aromatic rings. The largest absolute Gasteiger partial charge is 0.369 e. The maximum atomic E-state index is 12.9. The average Bonchev–Trinajstić information content (AvgIpc) is 2.79. The normalized spacial score (nSPS) is 19.7. The second-order valence-electron chi connectivity index (χ2n) is 6.16. The molecule has 1 saturated heterocycles. The second-order valence-corrected chi connectivity index (χ2v) is 8.09. The lowest BCUT2D eigenvalue weighted by Gasteiger charge is -2.30. The predicted molar refractivity (Wildman–Crippen MR) is 88.8 cm³/mol.